The monoisotopic (exact) mass is 259 g/mol. The molecule has 0 unspecified atom stereocenters. The zero-order valence-corrected chi connectivity index (χ0v) is 11.4. The van der Waals surface area contributed by atoms with Crippen LogP contribution in [0.1, 0.15) is 6.42 Å². The Morgan fingerprint density at radius 3 is 2.63 bits per heavy atom. The predicted octanol–water partition coefficient (Wildman–Crippen LogP) is 3.30. The summed E-state index contributed by atoms with van der Waals surface area (Å²) in [5.41, 5.74) is 1.14. The van der Waals surface area contributed by atoms with E-state index in [1.54, 1.807) is 7.11 Å². The summed E-state index contributed by atoms with van der Waals surface area (Å²) in [6.07, 6.45) is 0.951. The zero-order valence-electron chi connectivity index (χ0n) is 11.4. The first kappa shape index (κ1) is 13.8. The van der Waals surface area contributed by atoms with E-state index >= 15 is 0 Å². The van der Waals surface area contributed by atoms with Crippen molar-refractivity contribution < 1.29 is 9.47 Å². The number of rotatable bonds is 8. The Kier molecular flexibility index (Phi) is 5.66. The number of hydrogen-bond donors (Lipinski definition) is 1. The van der Waals surface area contributed by atoms with Crippen LogP contribution in [0.2, 0.25) is 0 Å². The molecule has 2 aromatic rings. The second-order valence-electron chi connectivity index (χ2n) is 4.45. The maximum absolute atomic E-state index is 5.50. The highest BCUT2D eigenvalue weighted by atomic mass is 16.5. The smallest absolute Gasteiger partial charge is 0.0639 e. The molecule has 102 valence electrons. The van der Waals surface area contributed by atoms with Gasteiger partial charge in [-0.25, -0.2) is 0 Å². The van der Waals surface area contributed by atoms with Gasteiger partial charge in [-0.05, 0) is 29.3 Å². The molecule has 2 rings (SSSR count). The van der Waals surface area contributed by atoms with E-state index in [-0.39, 0.29) is 0 Å². The molecule has 19 heavy (non-hydrogen) atoms. The van der Waals surface area contributed by atoms with Crippen LogP contribution in [0, 0.1) is 0 Å². The Bertz CT molecular complexity index is 499. The van der Waals surface area contributed by atoms with E-state index in [0.29, 0.717) is 0 Å². The van der Waals surface area contributed by atoms with Crippen LogP contribution < -0.4 is 5.32 Å². The highest BCUT2D eigenvalue weighted by Crippen LogP contribution is 2.18. The molecule has 0 bridgehead atoms. The number of methoxy groups -OCH3 is 1. The Morgan fingerprint density at radius 2 is 1.79 bits per heavy atom. The maximum Gasteiger partial charge on any atom is 0.0639 e. The number of benzene rings is 2. The summed E-state index contributed by atoms with van der Waals surface area (Å²) in [7, 11) is 1.71. The molecule has 3 heteroatoms. The van der Waals surface area contributed by atoms with Crippen molar-refractivity contribution in [2.24, 2.45) is 0 Å². The van der Waals surface area contributed by atoms with Gasteiger partial charge in [0, 0.05) is 32.6 Å². The highest BCUT2D eigenvalue weighted by molar-refractivity contribution is 5.85. The third-order valence-corrected chi connectivity index (χ3v) is 2.96. The topological polar surface area (TPSA) is 30.5 Å². The number of fused-ring (bicyclic) bond motifs is 1. The Labute approximate surface area is 114 Å². The van der Waals surface area contributed by atoms with E-state index in [1.807, 2.05) is 0 Å². The quantitative estimate of drug-likeness (QED) is 0.738. The van der Waals surface area contributed by atoms with E-state index in [0.717, 1.165) is 38.5 Å². The molecule has 0 aliphatic carbocycles. The van der Waals surface area contributed by atoms with Crippen molar-refractivity contribution in [1.29, 1.82) is 0 Å². The minimum absolute atomic E-state index is 0.719. The minimum Gasteiger partial charge on any atom is -0.385 e. The summed E-state index contributed by atoms with van der Waals surface area (Å²) >= 11 is 0. The van der Waals surface area contributed by atoms with Crippen molar-refractivity contribution in [3.63, 3.8) is 0 Å². The fourth-order valence-electron chi connectivity index (χ4n) is 1.97. The molecule has 0 heterocycles. The van der Waals surface area contributed by atoms with Gasteiger partial charge in [-0.2, -0.15) is 0 Å². The average molecular weight is 259 g/mol. The van der Waals surface area contributed by atoms with Gasteiger partial charge >= 0.3 is 0 Å². The standard InChI is InChI=1S/C16H21NO2/c1-18-10-4-11-19-12-9-17-16-8-7-14-5-2-3-6-15(14)13-16/h2-3,5-8,13,17H,4,9-12H2,1H3. The molecule has 0 saturated carbocycles. The molecule has 0 spiro atoms. The number of anilines is 1. The number of hydrogen-bond acceptors (Lipinski definition) is 3. The summed E-state index contributed by atoms with van der Waals surface area (Å²) in [6.45, 7) is 3.06. The lowest BCUT2D eigenvalue weighted by molar-refractivity contribution is 0.109. The molecular formula is C16H21NO2. The van der Waals surface area contributed by atoms with Crippen molar-refractivity contribution in [2.75, 3.05) is 38.8 Å². The van der Waals surface area contributed by atoms with Crippen LogP contribution in [0.25, 0.3) is 10.8 Å². The van der Waals surface area contributed by atoms with Crippen LogP contribution >= 0.6 is 0 Å². The van der Waals surface area contributed by atoms with Crippen LogP contribution in [0.5, 0.6) is 0 Å². The molecule has 0 aliphatic heterocycles. The van der Waals surface area contributed by atoms with Gasteiger partial charge in [-0.3, -0.25) is 0 Å². The lowest BCUT2D eigenvalue weighted by atomic mass is 10.1. The van der Waals surface area contributed by atoms with Crippen molar-refractivity contribution in [1.82, 2.24) is 0 Å². The molecule has 2 aromatic carbocycles. The summed E-state index contributed by atoms with van der Waals surface area (Å²) in [5, 5.41) is 5.90. The summed E-state index contributed by atoms with van der Waals surface area (Å²) < 4.78 is 10.5. The third kappa shape index (κ3) is 4.54. The Morgan fingerprint density at radius 1 is 0.947 bits per heavy atom. The average Bonchev–Trinajstić information content (AvgIpc) is 2.46. The molecule has 0 aromatic heterocycles. The summed E-state index contributed by atoms with van der Waals surface area (Å²) in [6, 6.07) is 14.8. The van der Waals surface area contributed by atoms with Gasteiger partial charge in [0.15, 0.2) is 0 Å². The van der Waals surface area contributed by atoms with E-state index in [2.05, 4.69) is 47.8 Å². The molecule has 0 radical (unpaired) electrons. The number of nitrogens with one attached hydrogen (secondary N) is 1. The SMILES string of the molecule is COCCCOCCNc1ccc2ccccc2c1. The second-order valence-corrected chi connectivity index (χ2v) is 4.45. The van der Waals surface area contributed by atoms with Gasteiger partial charge in [-0.15, -0.1) is 0 Å². The lowest BCUT2D eigenvalue weighted by Gasteiger charge is -2.08. The fraction of sp³-hybridized carbons (Fsp3) is 0.375. The Balaban J connectivity index is 1.72. The normalized spacial score (nSPS) is 10.8. The van der Waals surface area contributed by atoms with E-state index in [1.165, 1.54) is 10.8 Å². The molecule has 0 aliphatic rings. The van der Waals surface area contributed by atoms with Crippen molar-refractivity contribution in [3.05, 3.63) is 42.5 Å². The second kappa shape index (κ2) is 7.77. The predicted molar refractivity (Wildman–Crippen MR) is 79.7 cm³/mol. The van der Waals surface area contributed by atoms with E-state index in [4.69, 9.17) is 9.47 Å². The van der Waals surface area contributed by atoms with Gasteiger partial charge in [0.05, 0.1) is 6.61 Å². The summed E-state index contributed by atoms with van der Waals surface area (Å²) in [4.78, 5) is 0. The first-order chi connectivity index (χ1) is 9.40. The molecule has 0 amide bonds. The molecule has 0 atom stereocenters. The van der Waals surface area contributed by atoms with Crippen LogP contribution in [0.3, 0.4) is 0 Å². The van der Waals surface area contributed by atoms with Crippen LogP contribution in [0.15, 0.2) is 42.5 Å². The van der Waals surface area contributed by atoms with Crippen molar-refractivity contribution in [2.45, 2.75) is 6.42 Å². The Hall–Kier alpha value is -1.58. The van der Waals surface area contributed by atoms with Gasteiger partial charge in [0.25, 0.3) is 0 Å². The van der Waals surface area contributed by atoms with Crippen LogP contribution in [0.4, 0.5) is 5.69 Å². The van der Waals surface area contributed by atoms with Gasteiger partial charge in [0.2, 0.25) is 0 Å². The van der Waals surface area contributed by atoms with E-state index < -0.39 is 0 Å². The summed E-state index contributed by atoms with van der Waals surface area (Å²) in [5.74, 6) is 0. The van der Waals surface area contributed by atoms with Gasteiger partial charge < -0.3 is 14.8 Å². The largest absolute Gasteiger partial charge is 0.385 e. The molecule has 3 nitrogen and oxygen atoms in total. The molecule has 0 fully saturated rings. The zero-order chi connectivity index (χ0) is 13.3. The molecule has 0 saturated heterocycles. The first-order valence-electron chi connectivity index (χ1n) is 6.69. The molecule has 1 N–H and O–H groups in total. The van der Waals surface area contributed by atoms with Crippen LogP contribution in [-0.4, -0.2) is 33.5 Å². The third-order valence-electron chi connectivity index (χ3n) is 2.96. The maximum atomic E-state index is 5.50. The first-order valence-corrected chi connectivity index (χ1v) is 6.69. The lowest BCUT2D eigenvalue weighted by Crippen LogP contribution is -2.10. The van der Waals surface area contributed by atoms with E-state index in [9.17, 15) is 0 Å². The van der Waals surface area contributed by atoms with Gasteiger partial charge in [0.1, 0.15) is 0 Å². The molecular weight excluding hydrogens is 238 g/mol. The van der Waals surface area contributed by atoms with Crippen molar-refractivity contribution in [3.8, 4) is 0 Å². The van der Waals surface area contributed by atoms with Crippen LogP contribution in [-0.2, 0) is 9.47 Å². The van der Waals surface area contributed by atoms with Crippen molar-refractivity contribution >= 4 is 16.5 Å². The highest BCUT2D eigenvalue weighted by Gasteiger charge is 1.95. The fourth-order valence-corrected chi connectivity index (χ4v) is 1.97. The minimum atomic E-state index is 0.719. The number of ether oxygens (including phenoxy) is 2. The van der Waals surface area contributed by atoms with Gasteiger partial charge in [-0.1, -0.05) is 30.3 Å².